The number of aromatic nitrogens is 2. The van der Waals surface area contributed by atoms with Crippen LogP contribution in [0, 0.1) is 0 Å². The van der Waals surface area contributed by atoms with Crippen LogP contribution in [0.3, 0.4) is 0 Å². The lowest BCUT2D eigenvalue weighted by Gasteiger charge is -2.21. The third-order valence-corrected chi connectivity index (χ3v) is 4.88. The third kappa shape index (κ3) is 2.98. The number of methoxy groups -OCH3 is 1. The number of hydrogen-bond donors (Lipinski definition) is 1. The standard InChI is InChI=1S/C20H21N3O6/c1-4-5-23-18-15(19(25)22(2)20(23)26)16(24)12(21-18)8-11-9-13(27-3)17-14(10-11)28-6-7-29-17/h8-10,21H,4-7H2,1-3H3. The van der Waals surface area contributed by atoms with Gasteiger partial charge in [0, 0.05) is 13.6 Å². The van der Waals surface area contributed by atoms with E-state index in [-0.39, 0.29) is 17.1 Å². The van der Waals surface area contributed by atoms with Crippen molar-refractivity contribution in [3.63, 3.8) is 0 Å². The molecule has 0 atom stereocenters. The summed E-state index contributed by atoms with van der Waals surface area (Å²) in [6.45, 7) is 3.15. The fourth-order valence-corrected chi connectivity index (χ4v) is 3.50. The zero-order chi connectivity index (χ0) is 20.7. The van der Waals surface area contributed by atoms with Crippen LogP contribution in [0.2, 0.25) is 0 Å². The maximum absolute atomic E-state index is 12.9. The third-order valence-electron chi connectivity index (χ3n) is 4.88. The Hall–Kier alpha value is -3.49. The van der Waals surface area contributed by atoms with Gasteiger partial charge in [0.1, 0.15) is 24.6 Å². The minimum absolute atomic E-state index is 0.0312. The summed E-state index contributed by atoms with van der Waals surface area (Å²) in [4.78, 5) is 37.9. The van der Waals surface area contributed by atoms with Crippen LogP contribution in [0.4, 0.5) is 5.82 Å². The molecule has 0 unspecified atom stereocenters. The molecular formula is C20H21N3O6. The number of nitrogens with zero attached hydrogens (tertiary/aromatic N) is 2. The van der Waals surface area contributed by atoms with Crippen molar-refractivity contribution in [2.24, 2.45) is 7.05 Å². The van der Waals surface area contributed by atoms with Gasteiger partial charge < -0.3 is 19.5 Å². The van der Waals surface area contributed by atoms with E-state index in [1.54, 1.807) is 18.2 Å². The van der Waals surface area contributed by atoms with E-state index < -0.39 is 17.0 Å². The van der Waals surface area contributed by atoms with E-state index in [0.717, 1.165) is 4.57 Å². The maximum atomic E-state index is 12.9. The van der Waals surface area contributed by atoms with Crippen LogP contribution in [0.5, 0.6) is 17.2 Å². The van der Waals surface area contributed by atoms with Crippen LogP contribution >= 0.6 is 0 Å². The highest BCUT2D eigenvalue weighted by Crippen LogP contribution is 2.41. The van der Waals surface area contributed by atoms with Crippen molar-refractivity contribution in [1.29, 1.82) is 0 Å². The first-order valence-corrected chi connectivity index (χ1v) is 9.31. The Morgan fingerprint density at radius 2 is 1.97 bits per heavy atom. The van der Waals surface area contributed by atoms with E-state index in [0.29, 0.717) is 49.0 Å². The van der Waals surface area contributed by atoms with E-state index in [9.17, 15) is 14.4 Å². The number of allylic oxidation sites excluding steroid dienone is 1. The summed E-state index contributed by atoms with van der Waals surface area (Å²) in [7, 11) is 2.89. The topological polar surface area (TPSA) is 101 Å². The summed E-state index contributed by atoms with van der Waals surface area (Å²) in [5.41, 5.74) is -0.269. The molecule has 4 rings (SSSR count). The van der Waals surface area contributed by atoms with Crippen molar-refractivity contribution < 1.29 is 19.0 Å². The lowest BCUT2D eigenvalue weighted by molar-refractivity contribution is 0.104. The molecule has 0 spiro atoms. The summed E-state index contributed by atoms with van der Waals surface area (Å²) in [5.74, 6) is 1.29. The quantitative estimate of drug-likeness (QED) is 0.776. The molecule has 152 valence electrons. The molecule has 0 bridgehead atoms. The van der Waals surface area contributed by atoms with Gasteiger partial charge in [-0.25, -0.2) is 4.79 Å². The largest absolute Gasteiger partial charge is 0.493 e. The molecule has 0 saturated carbocycles. The Balaban J connectivity index is 1.82. The predicted molar refractivity (Wildman–Crippen MR) is 106 cm³/mol. The molecule has 0 fully saturated rings. The second-order valence-electron chi connectivity index (χ2n) is 6.78. The normalized spacial score (nSPS) is 16.0. The van der Waals surface area contributed by atoms with Crippen molar-refractivity contribution in [2.45, 2.75) is 19.9 Å². The zero-order valence-electron chi connectivity index (χ0n) is 16.4. The molecule has 0 saturated heterocycles. The number of anilines is 1. The molecule has 9 nitrogen and oxygen atoms in total. The van der Waals surface area contributed by atoms with Crippen molar-refractivity contribution >= 4 is 17.7 Å². The number of rotatable bonds is 4. The monoisotopic (exact) mass is 399 g/mol. The smallest absolute Gasteiger partial charge is 0.332 e. The molecule has 0 radical (unpaired) electrons. The highest BCUT2D eigenvalue weighted by Gasteiger charge is 2.32. The Bertz CT molecular complexity index is 1140. The van der Waals surface area contributed by atoms with Gasteiger partial charge in [-0.1, -0.05) is 6.92 Å². The lowest BCUT2D eigenvalue weighted by atomic mass is 10.1. The lowest BCUT2D eigenvalue weighted by Crippen LogP contribution is -2.40. The van der Waals surface area contributed by atoms with Gasteiger partial charge in [-0.05, 0) is 30.2 Å². The number of fused-ring (bicyclic) bond motifs is 2. The minimum atomic E-state index is -0.613. The summed E-state index contributed by atoms with van der Waals surface area (Å²) < 4.78 is 19.0. The molecule has 1 aromatic carbocycles. The Labute approximate surface area is 166 Å². The van der Waals surface area contributed by atoms with E-state index in [1.165, 1.54) is 18.7 Å². The highest BCUT2D eigenvalue weighted by atomic mass is 16.6. The van der Waals surface area contributed by atoms with Crippen molar-refractivity contribution in [3.8, 4) is 17.2 Å². The van der Waals surface area contributed by atoms with E-state index >= 15 is 0 Å². The van der Waals surface area contributed by atoms with Crippen LogP contribution in [0.25, 0.3) is 6.08 Å². The second-order valence-corrected chi connectivity index (χ2v) is 6.78. The van der Waals surface area contributed by atoms with Gasteiger partial charge in [0.25, 0.3) is 5.56 Å². The Morgan fingerprint density at radius 1 is 1.21 bits per heavy atom. The van der Waals surface area contributed by atoms with Crippen molar-refractivity contribution in [3.05, 3.63) is 49.8 Å². The highest BCUT2D eigenvalue weighted by molar-refractivity contribution is 6.19. The SMILES string of the molecule is CCCn1c2c(c(=O)n(C)c1=O)C(=O)C(=Cc1cc(OC)c3c(c1)OCCO3)N2. The molecule has 1 N–H and O–H groups in total. The maximum Gasteiger partial charge on any atom is 0.332 e. The van der Waals surface area contributed by atoms with Gasteiger partial charge in [0.15, 0.2) is 11.5 Å². The van der Waals surface area contributed by atoms with E-state index in [4.69, 9.17) is 14.2 Å². The van der Waals surface area contributed by atoms with Gasteiger partial charge >= 0.3 is 5.69 Å². The molecule has 29 heavy (non-hydrogen) atoms. The number of ether oxygens (including phenoxy) is 3. The number of ketones is 1. The predicted octanol–water partition coefficient (Wildman–Crippen LogP) is 1.39. The average molecular weight is 399 g/mol. The van der Waals surface area contributed by atoms with E-state index in [1.807, 2.05) is 6.92 Å². The first kappa shape index (κ1) is 18.9. The average Bonchev–Trinajstić information content (AvgIpc) is 3.05. The number of carbonyl (C=O) groups excluding carboxylic acids is 1. The van der Waals surface area contributed by atoms with Gasteiger partial charge in [-0.2, -0.15) is 0 Å². The number of nitrogens with one attached hydrogen (secondary N) is 1. The van der Waals surface area contributed by atoms with Crippen molar-refractivity contribution in [2.75, 3.05) is 25.6 Å². The number of hydrogen-bond acceptors (Lipinski definition) is 7. The van der Waals surface area contributed by atoms with Crippen molar-refractivity contribution in [1.82, 2.24) is 9.13 Å². The van der Waals surface area contributed by atoms with Crippen LogP contribution in [0.15, 0.2) is 27.4 Å². The fourth-order valence-electron chi connectivity index (χ4n) is 3.50. The summed E-state index contributed by atoms with van der Waals surface area (Å²) >= 11 is 0. The van der Waals surface area contributed by atoms with E-state index in [2.05, 4.69) is 5.32 Å². The molecular weight excluding hydrogens is 378 g/mol. The van der Waals surface area contributed by atoms with Gasteiger partial charge in [-0.3, -0.25) is 18.7 Å². The summed E-state index contributed by atoms with van der Waals surface area (Å²) in [5, 5.41) is 2.96. The molecule has 3 heterocycles. The molecule has 0 aliphatic carbocycles. The van der Waals surface area contributed by atoms with Crippen LogP contribution in [-0.4, -0.2) is 35.2 Å². The van der Waals surface area contributed by atoms with Crippen LogP contribution < -0.4 is 30.8 Å². The first-order valence-electron chi connectivity index (χ1n) is 9.31. The van der Waals surface area contributed by atoms with Gasteiger partial charge in [0.05, 0.1) is 12.8 Å². The van der Waals surface area contributed by atoms with Crippen LogP contribution in [-0.2, 0) is 13.6 Å². The second kappa shape index (κ2) is 7.16. The molecule has 2 aliphatic heterocycles. The molecule has 2 aliphatic rings. The Kier molecular flexibility index (Phi) is 4.65. The number of benzene rings is 1. The Morgan fingerprint density at radius 3 is 2.69 bits per heavy atom. The van der Waals surface area contributed by atoms with Gasteiger partial charge in [0.2, 0.25) is 11.5 Å². The molecule has 9 heteroatoms. The minimum Gasteiger partial charge on any atom is -0.493 e. The summed E-state index contributed by atoms with van der Waals surface area (Å²) in [6, 6.07) is 3.45. The number of Topliss-reactive ketones (excluding diaryl/α,β-unsaturated/α-hetero) is 1. The van der Waals surface area contributed by atoms with Crippen LogP contribution in [0.1, 0.15) is 29.3 Å². The zero-order valence-corrected chi connectivity index (χ0v) is 16.4. The fraction of sp³-hybridized carbons (Fsp3) is 0.350. The molecule has 1 aromatic heterocycles. The first-order chi connectivity index (χ1) is 14.0. The molecule has 0 amide bonds. The van der Waals surface area contributed by atoms with Gasteiger partial charge in [-0.15, -0.1) is 0 Å². The number of carbonyl (C=O) groups is 1. The summed E-state index contributed by atoms with van der Waals surface area (Å²) in [6.07, 6.45) is 2.28. The molecule has 2 aromatic rings.